The molecule has 0 saturated heterocycles. The van der Waals surface area contributed by atoms with Crippen molar-refractivity contribution in [3.63, 3.8) is 0 Å². The van der Waals surface area contributed by atoms with Gasteiger partial charge in [-0.3, -0.25) is 9.78 Å². The minimum atomic E-state index is -5.08. The van der Waals surface area contributed by atoms with E-state index in [1.807, 2.05) is 107 Å². The molecule has 0 radical (unpaired) electrons. The largest absolute Gasteiger partial charge is 0.490 e. The van der Waals surface area contributed by atoms with Crippen molar-refractivity contribution in [2.75, 3.05) is 11.9 Å². The van der Waals surface area contributed by atoms with Gasteiger partial charge in [-0.1, -0.05) is 42.5 Å². The number of carbonyl (C=O) groups excluding carboxylic acids is 1. The summed E-state index contributed by atoms with van der Waals surface area (Å²) >= 11 is 0. The second-order valence-electron chi connectivity index (χ2n) is 9.76. The molecule has 11 heteroatoms. The number of fused-ring (bicyclic) bond motifs is 1. The van der Waals surface area contributed by atoms with Gasteiger partial charge in [-0.15, -0.1) is 0 Å². The van der Waals surface area contributed by atoms with Gasteiger partial charge in [-0.05, 0) is 74.5 Å². The standard InChI is InChI=1S/C30H33N3O3.C2HF3O2/c1-5-35-28-18-24(12-14-27(28)36-20(2)3)29(30(34)32-21(4)22-9-7-6-8-10-22)33-26-13-11-25-19-31-16-15-23(25)17-26;3-2(4,5)1(6)7/h6-21,29,33H,5H2,1-4H3,(H,32,34);(H,6,7)/t21-,29?;/m1./s1. The zero-order valence-electron chi connectivity index (χ0n) is 24.2. The van der Waals surface area contributed by atoms with Crippen LogP contribution in [0, 0.1) is 0 Å². The summed E-state index contributed by atoms with van der Waals surface area (Å²) in [6.07, 6.45) is -1.49. The van der Waals surface area contributed by atoms with E-state index in [4.69, 9.17) is 19.4 Å². The SMILES string of the molecule is CCOc1cc(C(Nc2ccc3cnccc3c2)C(=O)N[C@H](C)c2ccccc2)ccc1OC(C)C.O=C(O)C(F)(F)F. The third-order valence-electron chi connectivity index (χ3n) is 6.08. The van der Waals surface area contributed by atoms with Gasteiger partial charge in [0.15, 0.2) is 11.5 Å². The molecule has 0 spiro atoms. The Bertz CT molecular complexity index is 1510. The Balaban J connectivity index is 0.000000646. The fraction of sp³-hybridized carbons (Fsp3) is 0.281. The van der Waals surface area contributed by atoms with E-state index < -0.39 is 18.2 Å². The highest BCUT2D eigenvalue weighted by Crippen LogP contribution is 2.33. The molecule has 0 saturated carbocycles. The number of ether oxygens (including phenoxy) is 2. The molecule has 1 amide bonds. The van der Waals surface area contributed by atoms with E-state index in [9.17, 15) is 18.0 Å². The first-order chi connectivity index (χ1) is 20.4. The number of aliphatic carboxylic acids is 1. The highest BCUT2D eigenvalue weighted by molar-refractivity contribution is 5.89. The average Bonchev–Trinajstić information content (AvgIpc) is 2.97. The molecule has 4 rings (SSSR count). The van der Waals surface area contributed by atoms with Crippen LogP contribution in [0.1, 0.15) is 50.9 Å². The molecule has 43 heavy (non-hydrogen) atoms. The lowest BCUT2D eigenvalue weighted by Crippen LogP contribution is -2.35. The molecule has 0 bridgehead atoms. The summed E-state index contributed by atoms with van der Waals surface area (Å²) < 4.78 is 43.5. The molecule has 1 heterocycles. The number of carboxylic acids is 1. The van der Waals surface area contributed by atoms with Crippen LogP contribution in [0.3, 0.4) is 0 Å². The molecule has 228 valence electrons. The van der Waals surface area contributed by atoms with Gasteiger partial charge < -0.3 is 25.2 Å². The number of nitrogens with one attached hydrogen (secondary N) is 2. The number of carbonyl (C=O) groups is 2. The first-order valence-electron chi connectivity index (χ1n) is 13.6. The summed E-state index contributed by atoms with van der Waals surface area (Å²) in [5.41, 5.74) is 2.65. The quantitative estimate of drug-likeness (QED) is 0.179. The lowest BCUT2D eigenvalue weighted by Gasteiger charge is -2.24. The number of hydrogen-bond donors (Lipinski definition) is 3. The van der Waals surface area contributed by atoms with Gasteiger partial charge in [0.1, 0.15) is 6.04 Å². The van der Waals surface area contributed by atoms with E-state index >= 15 is 0 Å². The van der Waals surface area contributed by atoms with Crippen LogP contribution in [0.5, 0.6) is 11.5 Å². The number of nitrogens with zero attached hydrogens (tertiary/aromatic N) is 1. The van der Waals surface area contributed by atoms with Crippen molar-refractivity contribution in [2.24, 2.45) is 0 Å². The second kappa shape index (κ2) is 14.9. The molecule has 0 aliphatic carbocycles. The Labute approximate surface area is 247 Å². The molecule has 0 aliphatic heterocycles. The van der Waals surface area contributed by atoms with E-state index in [0.717, 1.165) is 27.6 Å². The van der Waals surface area contributed by atoms with Gasteiger partial charge in [-0.25, -0.2) is 4.79 Å². The predicted octanol–water partition coefficient (Wildman–Crippen LogP) is 7.08. The van der Waals surface area contributed by atoms with Crippen LogP contribution in [0.15, 0.2) is 85.2 Å². The van der Waals surface area contributed by atoms with Crippen LogP contribution in [0.25, 0.3) is 10.8 Å². The zero-order chi connectivity index (χ0) is 31.6. The number of hydrogen-bond acceptors (Lipinski definition) is 6. The minimum Gasteiger partial charge on any atom is -0.490 e. The molecule has 2 atom stereocenters. The molecule has 8 nitrogen and oxygen atoms in total. The highest BCUT2D eigenvalue weighted by Gasteiger charge is 2.38. The van der Waals surface area contributed by atoms with E-state index in [1.165, 1.54) is 0 Å². The number of carboxylic acid groups (broad SMARTS) is 1. The second-order valence-corrected chi connectivity index (χ2v) is 9.76. The Kier molecular flexibility index (Phi) is 11.3. The van der Waals surface area contributed by atoms with Gasteiger partial charge in [-0.2, -0.15) is 13.2 Å². The smallest absolute Gasteiger partial charge is 0.490 e. The Morgan fingerprint density at radius 2 is 1.60 bits per heavy atom. The van der Waals surface area contributed by atoms with Crippen molar-refractivity contribution in [1.82, 2.24) is 10.3 Å². The van der Waals surface area contributed by atoms with Gasteiger partial charge in [0.2, 0.25) is 5.91 Å². The Morgan fingerprint density at radius 1 is 0.907 bits per heavy atom. The van der Waals surface area contributed by atoms with Crippen molar-refractivity contribution in [3.05, 3.63) is 96.3 Å². The number of aromatic nitrogens is 1. The molecule has 0 aliphatic rings. The fourth-order valence-electron chi connectivity index (χ4n) is 4.09. The maximum atomic E-state index is 13.7. The predicted molar refractivity (Wildman–Crippen MR) is 158 cm³/mol. The number of pyridine rings is 1. The summed E-state index contributed by atoms with van der Waals surface area (Å²) in [6, 6.07) is 22.7. The van der Waals surface area contributed by atoms with E-state index in [1.54, 1.807) is 6.20 Å². The van der Waals surface area contributed by atoms with Gasteiger partial charge >= 0.3 is 12.1 Å². The summed E-state index contributed by atoms with van der Waals surface area (Å²) in [5, 5.41) is 15.8. The van der Waals surface area contributed by atoms with Crippen molar-refractivity contribution in [1.29, 1.82) is 0 Å². The number of amides is 1. The van der Waals surface area contributed by atoms with Crippen molar-refractivity contribution >= 4 is 28.3 Å². The normalized spacial score (nSPS) is 12.5. The van der Waals surface area contributed by atoms with Crippen LogP contribution in [0.4, 0.5) is 18.9 Å². The van der Waals surface area contributed by atoms with Crippen molar-refractivity contribution < 1.29 is 37.3 Å². The van der Waals surface area contributed by atoms with Gasteiger partial charge in [0.05, 0.1) is 18.8 Å². The zero-order valence-corrected chi connectivity index (χ0v) is 24.2. The van der Waals surface area contributed by atoms with Crippen LogP contribution in [-0.4, -0.2) is 40.9 Å². The lowest BCUT2D eigenvalue weighted by atomic mass is 10.0. The molecule has 3 aromatic carbocycles. The number of benzene rings is 3. The topological polar surface area (TPSA) is 110 Å². The van der Waals surface area contributed by atoms with E-state index in [2.05, 4.69) is 15.6 Å². The van der Waals surface area contributed by atoms with E-state index in [0.29, 0.717) is 18.1 Å². The summed E-state index contributed by atoms with van der Waals surface area (Å²) in [7, 11) is 0. The molecule has 1 unspecified atom stereocenters. The van der Waals surface area contributed by atoms with Crippen LogP contribution in [-0.2, 0) is 9.59 Å². The molecular formula is C32H34F3N3O5. The summed E-state index contributed by atoms with van der Waals surface area (Å²) in [4.78, 5) is 26.8. The Hall–Kier alpha value is -4.80. The molecule has 1 aromatic heterocycles. The summed E-state index contributed by atoms with van der Waals surface area (Å²) in [6.45, 7) is 8.35. The number of rotatable bonds is 10. The van der Waals surface area contributed by atoms with Crippen molar-refractivity contribution in [3.8, 4) is 11.5 Å². The molecular weight excluding hydrogens is 563 g/mol. The van der Waals surface area contributed by atoms with Crippen LogP contribution >= 0.6 is 0 Å². The van der Waals surface area contributed by atoms with E-state index in [-0.39, 0.29) is 18.1 Å². The molecule has 3 N–H and O–H groups in total. The molecule has 4 aromatic rings. The first-order valence-corrected chi connectivity index (χ1v) is 13.6. The highest BCUT2D eigenvalue weighted by atomic mass is 19.4. The fourth-order valence-corrected chi connectivity index (χ4v) is 4.09. The van der Waals surface area contributed by atoms with Crippen molar-refractivity contribution in [2.45, 2.75) is 52.1 Å². The first kappa shape index (κ1) is 32.7. The monoisotopic (exact) mass is 597 g/mol. The van der Waals surface area contributed by atoms with Gasteiger partial charge in [0.25, 0.3) is 0 Å². The lowest BCUT2D eigenvalue weighted by molar-refractivity contribution is -0.192. The number of halogens is 3. The third-order valence-corrected chi connectivity index (χ3v) is 6.08. The molecule has 0 fully saturated rings. The summed E-state index contributed by atoms with van der Waals surface area (Å²) in [5.74, 6) is -1.62. The van der Waals surface area contributed by atoms with Crippen LogP contribution < -0.4 is 20.1 Å². The minimum absolute atomic E-state index is 0.00564. The number of anilines is 1. The third kappa shape index (κ3) is 9.63. The number of alkyl halides is 3. The average molecular weight is 598 g/mol. The Morgan fingerprint density at radius 3 is 2.23 bits per heavy atom. The maximum Gasteiger partial charge on any atom is 0.490 e. The van der Waals surface area contributed by atoms with Crippen LogP contribution in [0.2, 0.25) is 0 Å². The van der Waals surface area contributed by atoms with Gasteiger partial charge in [0, 0.05) is 23.5 Å². The maximum absolute atomic E-state index is 13.7.